The first-order valence-electron chi connectivity index (χ1n) is 5.43. The Labute approximate surface area is 116 Å². The van der Waals surface area contributed by atoms with Crippen LogP contribution < -0.4 is 4.74 Å². The van der Waals surface area contributed by atoms with Crippen molar-refractivity contribution in [1.82, 2.24) is 0 Å². The van der Waals surface area contributed by atoms with E-state index in [2.05, 4.69) is 22.6 Å². The summed E-state index contributed by atoms with van der Waals surface area (Å²) in [6.45, 7) is 7.19. The van der Waals surface area contributed by atoms with E-state index in [4.69, 9.17) is 9.47 Å². The maximum absolute atomic E-state index is 11.7. The predicted octanol–water partition coefficient (Wildman–Crippen LogP) is 3.40. The van der Waals surface area contributed by atoms with Crippen LogP contribution in [0.3, 0.4) is 0 Å². The zero-order valence-electron chi connectivity index (χ0n) is 10.5. The van der Waals surface area contributed by atoms with E-state index in [-0.39, 0.29) is 5.97 Å². The van der Waals surface area contributed by atoms with Gasteiger partial charge in [0.15, 0.2) is 6.10 Å². The van der Waals surface area contributed by atoms with E-state index in [1.165, 1.54) is 0 Å². The van der Waals surface area contributed by atoms with Crippen LogP contribution in [0.5, 0.6) is 5.75 Å². The third kappa shape index (κ3) is 5.39. The lowest BCUT2D eigenvalue weighted by atomic mass is 10.2. The van der Waals surface area contributed by atoms with Crippen molar-refractivity contribution in [2.75, 3.05) is 0 Å². The molecule has 1 unspecified atom stereocenters. The van der Waals surface area contributed by atoms with Gasteiger partial charge >= 0.3 is 5.97 Å². The van der Waals surface area contributed by atoms with Gasteiger partial charge in [-0.05, 0) is 74.6 Å². The monoisotopic (exact) mass is 348 g/mol. The van der Waals surface area contributed by atoms with E-state index in [0.29, 0.717) is 5.75 Å². The van der Waals surface area contributed by atoms with Gasteiger partial charge < -0.3 is 9.47 Å². The van der Waals surface area contributed by atoms with Crippen molar-refractivity contribution in [3.05, 3.63) is 27.8 Å². The molecule has 4 heteroatoms. The molecule has 0 heterocycles. The maximum Gasteiger partial charge on any atom is 0.347 e. The highest BCUT2D eigenvalue weighted by Crippen LogP contribution is 2.16. The van der Waals surface area contributed by atoms with Gasteiger partial charge in [0, 0.05) is 3.57 Å². The maximum atomic E-state index is 11.7. The van der Waals surface area contributed by atoms with Crippen LogP contribution in [0.4, 0.5) is 0 Å². The van der Waals surface area contributed by atoms with E-state index in [9.17, 15) is 4.79 Å². The van der Waals surface area contributed by atoms with Crippen LogP contribution in [0.15, 0.2) is 24.3 Å². The van der Waals surface area contributed by atoms with E-state index in [1.54, 1.807) is 6.92 Å². The van der Waals surface area contributed by atoms with Crippen molar-refractivity contribution < 1.29 is 14.3 Å². The van der Waals surface area contributed by atoms with Crippen LogP contribution in [-0.2, 0) is 9.53 Å². The standard InChI is InChI=1S/C13H17IO3/c1-9(12(15)17-13(2,3)4)16-11-7-5-10(14)6-8-11/h5-9H,1-4H3. The molecule has 0 saturated heterocycles. The van der Waals surface area contributed by atoms with Gasteiger partial charge in [-0.3, -0.25) is 0 Å². The lowest BCUT2D eigenvalue weighted by molar-refractivity contribution is -0.162. The number of carbonyl (C=O) groups excluding carboxylic acids is 1. The molecule has 0 saturated carbocycles. The van der Waals surface area contributed by atoms with Crippen molar-refractivity contribution in [3.63, 3.8) is 0 Å². The summed E-state index contributed by atoms with van der Waals surface area (Å²) in [5.74, 6) is 0.319. The zero-order valence-corrected chi connectivity index (χ0v) is 12.6. The van der Waals surface area contributed by atoms with Crippen LogP contribution in [0.1, 0.15) is 27.7 Å². The van der Waals surface area contributed by atoms with Gasteiger partial charge in [0.25, 0.3) is 0 Å². The van der Waals surface area contributed by atoms with E-state index in [0.717, 1.165) is 3.57 Å². The largest absolute Gasteiger partial charge is 0.479 e. The van der Waals surface area contributed by atoms with Crippen LogP contribution in [-0.4, -0.2) is 17.7 Å². The second-order valence-electron chi connectivity index (χ2n) is 4.75. The summed E-state index contributed by atoms with van der Waals surface area (Å²) in [4.78, 5) is 11.7. The first kappa shape index (κ1) is 14.3. The van der Waals surface area contributed by atoms with E-state index in [1.807, 2.05) is 45.0 Å². The summed E-state index contributed by atoms with van der Waals surface area (Å²) in [6, 6.07) is 7.53. The Morgan fingerprint density at radius 2 is 1.76 bits per heavy atom. The third-order valence-electron chi connectivity index (χ3n) is 1.87. The summed E-state index contributed by atoms with van der Waals surface area (Å²) in [6.07, 6.45) is -0.603. The Kier molecular flexibility index (Phi) is 4.80. The molecule has 1 rings (SSSR count). The Hall–Kier alpha value is -0.780. The van der Waals surface area contributed by atoms with Crippen molar-refractivity contribution in [2.45, 2.75) is 39.4 Å². The second kappa shape index (κ2) is 5.71. The topological polar surface area (TPSA) is 35.5 Å². The van der Waals surface area contributed by atoms with Crippen LogP contribution in [0.2, 0.25) is 0 Å². The molecule has 0 fully saturated rings. The average molecular weight is 348 g/mol. The molecule has 1 aromatic carbocycles. The summed E-state index contributed by atoms with van der Waals surface area (Å²) in [7, 11) is 0. The lowest BCUT2D eigenvalue weighted by Gasteiger charge is -2.22. The van der Waals surface area contributed by atoms with Gasteiger partial charge in [0.1, 0.15) is 11.4 Å². The molecule has 0 aliphatic rings. The number of esters is 1. The molecule has 0 radical (unpaired) electrons. The van der Waals surface area contributed by atoms with Crippen molar-refractivity contribution >= 4 is 28.6 Å². The predicted molar refractivity (Wildman–Crippen MR) is 75.1 cm³/mol. The fourth-order valence-electron chi connectivity index (χ4n) is 1.15. The number of carbonyl (C=O) groups is 1. The normalized spacial score (nSPS) is 13.0. The lowest BCUT2D eigenvalue weighted by Crippen LogP contribution is -2.33. The quantitative estimate of drug-likeness (QED) is 0.620. The molecule has 0 aliphatic heterocycles. The van der Waals surface area contributed by atoms with Crippen LogP contribution in [0, 0.1) is 3.57 Å². The van der Waals surface area contributed by atoms with Crippen molar-refractivity contribution in [1.29, 1.82) is 0 Å². The van der Waals surface area contributed by atoms with Crippen LogP contribution >= 0.6 is 22.6 Å². The molecular formula is C13H17IO3. The molecule has 0 aromatic heterocycles. The van der Waals surface area contributed by atoms with Gasteiger partial charge in [0.05, 0.1) is 0 Å². The minimum atomic E-state index is -0.603. The number of rotatable bonds is 3. The Morgan fingerprint density at radius 1 is 1.24 bits per heavy atom. The summed E-state index contributed by atoms with van der Waals surface area (Å²) in [5.41, 5.74) is -0.485. The molecule has 0 amide bonds. The SMILES string of the molecule is CC(Oc1ccc(I)cc1)C(=O)OC(C)(C)C. The first-order chi connectivity index (χ1) is 7.78. The molecule has 0 aliphatic carbocycles. The molecule has 1 aromatic rings. The number of benzene rings is 1. The highest BCUT2D eigenvalue weighted by Gasteiger charge is 2.22. The van der Waals surface area contributed by atoms with Gasteiger partial charge in [0.2, 0.25) is 0 Å². The minimum Gasteiger partial charge on any atom is -0.479 e. The molecule has 94 valence electrons. The fourth-order valence-corrected chi connectivity index (χ4v) is 1.51. The highest BCUT2D eigenvalue weighted by molar-refractivity contribution is 14.1. The fraction of sp³-hybridized carbons (Fsp3) is 0.462. The van der Waals surface area contributed by atoms with Crippen molar-refractivity contribution in [2.24, 2.45) is 0 Å². The summed E-state index contributed by atoms with van der Waals surface area (Å²) < 4.78 is 11.9. The summed E-state index contributed by atoms with van der Waals surface area (Å²) >= 11 is 2.21. The van der Waals surface area contributed by atoms with Gasteiger partial charge in [-0.25, -0.2) is 4.79 Å². The Bertz CT molecular complexity index is 379. The smallest absolute Gasteiger partial charge is 0.347 e. The molecular weight excluding hydrogens is 331 g/mol. The Balaban J connectivity index is 2.57. The van der Waals surface area contributed by atoms with E-state index >= 15 is 0 Å². The first-order valence-corrected chi connectivity index (χ1v) is 6.51. The molecule has 17 heavy (non-hydrogen) atoms. The zero-order chi connectivity index (χ0) is 13.1. The molecule has 0 bridgehead atoms. The van der Waals surface area contributed by atoms with Crippen molar-refractivity contribution in [3.8, 4) is 5.75 Å². The number of hydrogen-bond acceptors (Lipinski definition) is 3. The molecule has 3 nitrogen and oxygen atoms in total. The molecule has 0 spiro atoms. The highest BCUT2D eigenvalue weighted by atomic mass is 127. The van der Waals surface area contributed by atoms with Gasteiger partial charge in [-0.15, -0.1) is 0 Å². The van der Waals surface area contributed by atoms with E-state index < -0.39 is 11.7 Å². The summed E-state index contributed by atoms with van der Waals surface area (Å²) in [5, 5.41) is 0. The van der Waals surface area contributed by atoms with Gasteiger partial charge in [-0.2, -0.15) is 0 Å². The average Bonchev–Trinajstić information content (AvgIpc) is 2.19. The third-order valence-corrected chi connectivity index (χ3v) is 2.58. The second-order valence-corrected chi connectivity index (χ2v) is 5.99. The van der Waals surface area contributed by atoms with Gasteiger partial charge in [-0.1, -0.05) is 0 Å². The number of ether oxygens (including phenoxy) is 2. The minimum absolute atomic E-state index is 0.351. The number of halogens is 1. The Morgan fingerprint density at radius 3 is 2.24 bits per heavy atom. The van der Waals surface area contributed by atoms with Crippen LogP contribution in [0.25, 0.3) is 0 Å². The number of hydrogen-bond donors (Lipinski definition) is 0. The molecule has 1 atom stereocenters. The molecule has 0 N–H and O–H groups in total.